The van der Waals surface area contributed by atoms with Crippen molar-refractivity contribution in [2.75, 3.05) is 11.5 Å². The molecule has 0 saturated carbocycles. The van der Waals surface area contributed by atoms with Crippen LogP contribution in [0.25, 0.3) is 12.2 Å². The van der Waals surface area contributed by atoms with Crippen LogP contribution in [0.5, 0.6) is 0 Å². The van der Waals surface area contributed by atoms with Crippen molar-refractivity contribution in [3.8, 4) is 0 Å². The maximum Gasteiger partial charge on any atom is 0.0395 e. The van der Waals surface area contributed by atoms with Crippen LogP contribution in [0.2, 0.25) is 0 Å². The predicted molar refractivity (Wildman–Crippen MR) is 55.4 cm³/mol. The normalized spacial score (nSPS) is 9.33. The molecule has 0 bridgehead atoms. The van der Waals surface area contributed by atoms with Crippen molar-refractivity contribution in [1.82, 2.24) is 0 Å². The summed E-state index contributed by atoms with van der Waals surface area (Å²) < 4.78 is 0. The molecule has 0 saturated heterocycles. The van der Waals surface area contributed by atoms with Crippen molar-refractivity contribution in [3.63, 3.8) is 0 Å². The Morgan fingerprint density at radius 3 is 1.50 bits per heavy atom. The van der Waals surface area contributed by atoms with Crippen LogP contribution in [-0.4, -0.2) is 0 Å². The van der Waals surface area contributed by atoms with Gasteiger partial charge in [0.15, 0.2) is 0 Å². The summed E-state index contributed by atoms with van der Waals surface area (Å²) in [6, 6.07) is 3.53. The van der Waals surface area contributed by atoms with E-state index >= 15 is 0 Å². The highest BCUT2D eigenvalue weighted by Crippen LogP contribution is 2.24. The Morgan fingerprint density at radius 2 is 1.25 bits per heavy atom. The van der Waals surface area contributed by atoms with E-state index in [-0.39, 0.29) is 0 Å². The van der Waals surface area contributed by atoms with Gasteiger partial charge in [-0.3, -0.25) is 0 Å². The van der Waals surface area contributed by atoms with Crippen molar-refractivity contribution in [2.45, 2.75) is 0 Å². The van der Waals surface area contributed by atoms with Crippen LogP contribution in [0.1, 0.15) is 11.1 Å². The van der Waals surface area contributed by atoms with Crippen LogP contribution in [0, 0.1) is 0 Å². The van der Waals surface area contributed by atoms with E-state index in [2.05, 4.69) is 13.2 Å². The molecule has 2 nitrogen and oxygen atoms in total. The van der Waals surface area contributed by atoms with Gasteiger partial charge in [0.1, 0.15) is 0 Å². The van der Waals surface area contributed by atoms with Gasteiger partial charge in [-0.05, 0) is 12.1 Å². The van der Waals surface area contributed by atoms with E-state index in [1.165, 1.54) is 0 Å². The maximum absolute atomic E-state index is 5.70. The molecule has 0 amide bonds. The highest BCUT2D eigenvalue weighted by molar-refractivity contribution is 5.80. The van der Waals surface area contributed by atoms with E-state index in [0.29, 0.717) is 11.4 Å². The minimum absolute atomic E-state index is 0.675. The number of nitrogens with two attached hydrogens (primary N) is 2. The van der Waals surface area contributed by atoms with Gasteiger partial charge in [-0.2, -0.15) is 0 Å². The van der Waals surface area contributed by atoms with Crippen LogP contribution in [0.15, 0.2) is 25.3 Å². The average Bonchev–Trinajstić information content (AvgIpc) is 2.08. The lowest BCUT2D eigenvalue weighted by molar-refractivity contribution is 1.59. The molecule has 0 fully saturated rings. The third kappa shape index (κ3) is 1.19. The van der Waals surface area contributed by atoms with E-state index in [0.717, 1.165) is 11.1 Å². The number of hydrogen-bond acceptors (Lipinski definition) is 2. The van der Waals surface area contributed by atoms with Crippen LogP contribution in [0.4, 0.5) is 11.4 Å². The summed E-state index contributed by atoms with van der Waals surface area (Å²) in [5.41, 5.74) is 14.5. The molecule has 12 heavy (non-hydrogen) atoms. The molecular formula is C10H12N2. The van der Waals surface area contributed by atoms with E-state index in [9.17, 15) is 0 Å². The topological polar surface area (TPSA) is 52.0 Å². The summed E-state index contributed by atoms with van der Waals surface area (Å²) in [6.45, 7) is 7.32. The molecule has 0 atom stereocenters. The number of nitrogen functional groups attached to an aromatic ring is 2. The summed E-state index contributed by atoms with van der Waals surface area (Å²) in [6.07, 6.45) is 3.37. The number of hydrogen-bond donors (Lipinski definition) is 2. The molecule has 2 heteroatoms. The zero-order valence-corrected chi connectivity index (χ0v) is 6.88. The first-order chi connectivity index (χ1) is 5.70. The van der Waals surface area contributed by atoms with Crippen LogP contribution < -0.4 is 11.5 Å². The summed E-state index contributed by atoms with van der Waals surface area (Å²) in [5.74, 6) is 0. The van der Waals surface area contributed by atoms with Crippen molar-refractivity contribution in [2.24, 2.45) is 0 Å². The lowest BCUT2D eigenvalue weighted by Crippen LogP contribution is -1.96. The Morgan fingerprint density at radius 1 is 0.917 bits per heavy atom. The minimum Gasteiger partial charge on any atom is -0.398 e. The molecule has 0 aliphatic heterocycles. The molecular weight excluding hydrogens is 148 g/mol. The van der Waals surface area contributed by atoms with E-state index in [1.54, 1.807) is 24.3 Å². The standard InChI is InChI=1S/C10H12N2/c1-3-7-8(4-2)10(12)6-5-9(7)11/h3-6H,1-2,11-12H2. The quantitative estimate of drug-likeness (QED) is 0.651. The molecule has 1 aromatic carbocycles. The molecule has 0 aromatic heterocycles. The van der Waals surface area contributed by atoms with Crippen molar-refractivity contribution in [3.05, 3.63) is 36.4 Å². The molecule has 0 aliphatic rings. The summed E-state index contributed by atoms with van der Waals surface area (Å²) in [4.78, 5) is 0. The Kier molecular flexibility index (Phi) is 2.19. The Labute approximate surface area is 72.2 Å². The molecule has 0 radical (unpaired) electrons. The first kappa shape index (κ1) is 8.40. The van der Waals surface area contributed by atoms with Gasteiger partial charge in [-0.15, -0.1) is 0 Å². The predicted octanol–water partition coefficient (Wildman–Crippen LogP) is 2.14. The zero-order valence-electron chi connectivity index (χ0n) is 6.88. The van der Waals surface area contributed by atoms with Gasteiger partial charge in [-0.25, -0.2) is 0 Å². The second-order valence-electron chi connectivity index (χ2n) is 2.48. The van der Waals surface area contributed by atoms with Crippen molar-refractivity contribution >= 4 is 23.5 Å². The molecule has 62 valence electrons. The van der Waals surface area contributed by atoms with Gasteiger partial charge < -0.3 is 11.5 Å². The Hall–Kier alpha value is -1.70. The average molecular weight is 160 g/mol. The largest absolute Gasteiger partial charge is 0.398 e. The summed E-state index contributed by atoms with van der Waals surface area (Å²) in [5, 5.41) is 0. The molecule has 0 aliphatic carbocycles. The fourth-order valence-corrected chi connectivity index (χ4v) is 1.13. The molecule has 1 rings (SSSR count). The minimum atomic E-state index is 0.675. The van der Waals surface area contributed by atoms with Gasteiger partial charge in [0, 0.05) is 22.5 Å². The van der Waals surface area contributed by atoms with Crippen LogP contribution in [-0.2, 0) is 0 Å². The monoisotopic (exact) mass is 160 g/mol. The van der Waals surface area contributed by atoms with E-state index < -0.39 is 0 Å². The smallest absolute Gasteiger partial charge is 0.0395 e. The first-order valence-electron chi connectivity index (χ1n) is 3.63. The molecule has 0 spiro atoms. The summed E-state index contributed by atoms with van der Waals surface area (Å²) >= 11 is 0. The second-order valence-corrected chi connectivity index (χ2v) is 2.48. The number of benzene rings is 1. The van der Waals surface area contributed by atoms with Crippen LogP contribution >= 0.6 is 0 Å². The lowest BCUT2D eigenvalue weighted by atomic mass is 10.0. The second kappa shape index (κ2) is 3.13. The Balaban J connectivity index is 3.48. The SMILES string of the molecule is C=Cc1c(N)ccc(N)c1C=C. The fourth-order valence-electron chi connectivity index (χ4n) is 1.13. The van der Waals surface area contributed by atoms with Gasteiger partial charge in [-0.1, -0.05) is 25.3 Å². The maximum atomic E-state index is 5.70. The molecule has 1 aromatic rings. The van der Waals surface area contributed by atoms with Crippen molar-refractivity contribution < 1.29 is 0 Å². The van der Waals surface area contributed by atoms with Gasteiger partial charge in [0.05, 0.1) is 0 Å². The van der Waals surface area contributed by atoms with Gasteiger partial charge in [0.25, 0.3) is 0 Å². The number of anilines is 2. The number of rotatable bonds is 2. The van der Waals surface area contributed by atoms with Crippen molar-refractivity contribution in [1.29, 1.82) is 0 Å². The van der Waals surface area contributed by atoms with Crippen LogP contribution in [0.3, 0.4) is 0 Å². The molecule has 0 unspecified atom stereocenters. The lowest BCUT2D eigenvalue weighted by Gasteiger charge is -2.07. The van der Waals surface area contributed by atoms with Gasteiger partial charge in [0.2, 0.25) is 0 Å². The highest BCUT2D eigenvalue weighted by Gasteiger charge is 2.02. The fraction of sp³-hybridized carbons (Fsp3) is 0. The van der Waals surface area contributed by atoms with E-state index in [4.69, 9.17) is 11.5 Å². The molecule has 0 heterocycles. The third-order valence-electron chi connectivity index (χ3n) is 1.76. The van der Waals surface area contributed by atoms with Gasteiger partial charge >= 0.3 is 0 Å². The third-order valence-corrected chi connectivity index (χ3v) is 1.76. The van der Waals surface area contributed by atoms with E-state index in [1.807, 2.05) is 0 Å². The first-order valence-corrected chi connectivity index (χ1v) is 3.63. The summed E-state index contributed by atoms with van der Waals surface area (Å²) in [7, 11) is 0. The molecule has 4 N–H and O–H groups in total. The zero-order chi connectivity index (χ0) is 9.14. The Bertz CT molecular complexity index is 294. The highest BCUT2D eigenvalue weighted by atomic mass is 14.6.